The maximum atomic E-state index is 11.4. The molecule has 0 aromatic carbocycles. The summed E-state index contributed by atoms with van der Waals surface area (Å²) in [5.41, 5.74) is 5.66. The van der Waals surface area contributed by atoms with E-state index < -0.39 is 0 Å². The first kappa shape index (κ1) is 9.97. The van der Waals surface area contributed by atoms with Crippen molar-refractivity contribution in [2.75, 3.05) is 0 Å². The number of carbonyl (C=O) groups excluding carboxylic acids is 1. The molecule has 0 spiro atoms. The number of amides is 1. The Morgan fingerprint density at radius 2 is 1.79 bits per heavy atom. The molecule has 3 N–H and O–H groups in total. The molecule has 2 aliphatic rings. The van der Waals surface area contributed by atoms with Crippen LogP contribution in [0.3, 0.4) is 0 Å². The van der Waals surface area contributed by atoms with Crippen molar-refractivity contribution < 1.29 is 4.79 Å². The van der Waals surface area contributed by atoms with Gasteiger partial charge in [0.05, 0.1) is 6.04 Å². The molecule has 3 heteroatoms. The Morgan fingerprint density at radius 3 is 2.43 bits per heavy atom. The lowest BCUT2D eigenvalue weighted by molar-refractivity contribution is -0.125. The number of carbonyl (C=O) groups is 1. The van der Waals surface area contributed by atoms with Crippen molar-refractivity contribution in [1.29, 1.82) is 0 Å². The fourth-order valence-electron chi connectivity index (χ4n) is 2.74. The summed E-state index contributed by atoms with van der Waals surface area (Å²) in [6.07, 6.45) is 8.58. The zero-order valence-electron chi connectivity index (χ0n) is 8.67. The Bertz CT molecular complexity index is 211. The Balaban J connectivity index is 1.88. The molecule has 1 aliphatic carbocycles. The van der Waals surface area contributed by atoms with Crippen molar-refractivity contribution in [3.05, 3.63) is 0 Å². The molecule has 0 radical (unpaired) electrons. The Labute approximate surface area is 85.4 Å². The molecular formula is C11H20N2O. The van der Waals surface area contributed by atoms with Crippen LogP contribution in [0, 0.1) is 5.92 Å². The van der Waals surface area contributed by atoms with Crippen molar-refractivity contribution in [2.45, 2.75) is 57.0 Å². The van der Waals surface area contributed by atoms with Gasteiger partial charge in [0.1, 0.15) is 0 Å². The summed E-state index contributed by atoms with van der Waals surface area (Å²) >= 11 is 0. The minimum absolute atomic E-state index is 0.0619. The van der Waals surface area contributed by atoms with E-state index in [9.17, 15) is 4.79 Å². The lowest BCUT2D eigenvalue weighted by Crippen LogP contribution is -2.53. The Kier molecular flexibility index (Phi) is 3.06. The number of nitrogens with one attached hydrogen (secondary N) is 1. The standard InChI is InChI=1S/C11H20N2O/c12-9-6-7-10(13-11(9)14)8-4-2-1-3-5-8/h8-10H,1-7,12H2,(H,13,14). The molecule has 0 bridgehead atoms. The number of hydrogen-bond acceptors (Lipinski definition) is 2. The topological polar surface area (TPSA) is 55.1 Å². The highest BCUT2D eigenvalue weighted by Gasteiger charge is 2.30. The van der Waals surface area contributed by atoms with Gasteiger partial charge >= 0.3 is 0 Å². The summed E-state index contributed by atoms with van der Waals surface area (Å²) in [6.45, 7) is 0. The first-order chi connectivity index (χ1) is 6.77. The summed E-state index contributed by atoms with van der Waals surface area (Å²) in [6, 6.07) is 0.164. The molecule has 1 aliphatic heterocycles. The van der Waals surface area contributed by atoms with Crippen LogP contribution >= 0.6 is 0 Å². The van der Waals surface area contributed by atoms with Gasteiger partial charge in [0.25, 0.3) is 0 Å². The normalized spacial score (nSPS) is 35.4. The Hall–Kier alpha value is -0.570. The summed E-state index contributed by atoms with van der Waals surface area (Å²) < 4.78 is 0. The van der Waals surface area contributed by atoms with Crippen molar-refractivity contribution in [3.8, 4) is 0 Å². The van der Waals surface area contributed by atoms with Gasteiger partial charge in [-0.25, -0.2) is 0 Å². The van der Waals surface area contributed by atoms with Gasteiger partial charge in [-0.05, 0) is 31.6 Å². The Morgan fingerprint density at radius 1 is 1.07 bits per heavy atom. The van der Waals surface area contributed by atoms with Crippen LogP contribution in [0.2, 0.25) is 0 Å². The second-order valence-corrected chi connectivity index (χ2v) is 4.70. The molecule has 1 saturated carbocycles. The summed E-state index contributed by atoms with van der Waals surface area (Å²) in [5, 5.41) is 3.07. The maximum Gasteiger partial charge on any atom is 0.237 e. The lowest BCUT2D eigenvalue weighted by Gasteiger charge is -2.35. The number of piperidine rings is 1. The molecule has 2 rings (SSSR count). The molecule has 1 heterocycles. The van der Waals surface area contributed by atoms with Crippen molar-refractivity contribution in [2.24, 2.45) is 11.7 Å². The van der Waals surface area contributed by atoms with Crippen LogP contribution in [0.1, 0.15) is 44.9 Å². The van der Waals surface area contributed by atoms with Gasteiger partial charge < -0.3 is 11.1 Å². The van der Waals surface area contributed by atoms with Gasteiger partial charge in [-0.3, -0.25) is 4.79 Å². The molecule has 2 atom stereocenters. The predicted molar refractivity (Wildman–Crippen MR) is 55.7 cm³/mol. The summed E-state index contributed by atoms with van der Waals surface area (Å²) in [4.78, 5) is 11.4. The van der Waals surface area contributed by atoms with Crippen LogP contribution in [-0.4, -0.2) is 18.0 Å². The van der Waals surface area contributed by atoms with E-state index in [0.717, 1.165) is 18.8 Å². The van der Waals surface area contributed by atoms with Crippen LogP contribution in [0.25, 0.3) is 0 Å². The van der Waals surface area contributed by atoms with E-state index in [2.05, 4.69) is 5.32 Å². The zero-order chi connectivity index (χ0) is 9.97. The van der Waals surface area contributed by atoms with E-state index >= 15 is 0 Å². The highest BCUT2D eigenvalue weighted by molar-refractivity contribution is 5.82. The molecule has 0 aromatic heterocycles. The first-order valence-corrected chi connectivity index (χ1v) is 5.83. The molecule has 14 heavy (non-hydrogen) atoms. The highest BCUT2D eigenvalue weighted by atomic mass is 16.2. The van der Waals surface area contributed by atoms with Crippen LogP contribution in [0.15, 0.2) is 0 Å². The van der Waals surface area contributed by atoms with E-state index in [0.29, 0.717) is 6.04 Å². The monoisotopic (exact) mass is 196 g/mol. The number of hydrogen-bond donors (Lipinski definition) is 2. The molecule has 2 unspecified atom stereocenters. The maximum absolute atomic E-state index is 11.4. The van der Waals surface area contributed by atoms with Crippen molar-refractivity contribution in [1.82, 2.24) is 5.32 Å². The quantitative estimate of drug-likeness (QED) is 0.661. The molecule has 1 amide bonds. The first-order valence-electron chi connectivity index (χ1n) is 5.83. The predicted octanol–water partition coefficient (Wildman–Crippen LogP) is 1.17. The highest BCUT2D eigenvalue weighted by Crippen LogP contribution is 2.29. The van der Waals surface area contributed by atoms with Crippen LogP contribution in [0.4, 0.5) is 0 Å². The van der Waals surface area contributed by atoms with Crippen molar-refractivity contribution >= 4 is 5.91 Å². The lowest BCUT2D eigenvalue weighted by atomic mass is 9.80. The largest absolute Gasteiger partial charge is 0.352 e. The number of rotatable bonds is 1. The van der Waals surface area contributed by atoms with Crippen molar-refractivity contribution in [3.63, 3.8) is 0 Å². The second-order valence-electron chi connectivity index (χ2n) is 4.70. The third kappa shape index (κ3) is 2.08. The van der Waals surface area contributed by atoms with Gasteiger partial charge in [0.2, 0.25) is 5.91 Å². The average molecular weight is 196 g/mol. The van der Waals surface area contributed by atoms with Gasteiger partial charge in [-0.2, -0.15) is 0 Å². The van der Waals surface area contributed by atoms with Crippen LogP contribution < -0.4 is 11.1 Å². The second kappa shape index (κ2) is 4.30. The van der Waals surface area contributed by atoms with E-state index in [-0.39, 0.29) is 11.9 Å². The van der Waals surface area contributed by atoms with Crippen LogP contribution in [-0.2, 0) is 4.79 Å². The SMILES string of the molecule is NC1CCC(C2CCCCC2)NC1=O. The molecule has 2 fully saturated rings. The average Bonchev–Trinajstić information content (AvgIpc) is 2.23. The summed E-state index contributed by atoms with van der Waals surface area (Å²) in [7, 11) is 0. The van der Waals surface area contributed by atoms with Gasteiger partial charge in [0.15, 0.2) is 0 Å². The van der Waals surface area contributed by atoms with E-state index in [1.54, 1.807) is 0 Å². The number of nitrogens with two attached hydrogens (primary N) is 1. The molecule has 1 saturated heterocycles. The zero-order valence-corrected chi connectivity index (χ0v) is 8.67. The minimum Gasteiger partial charge on any atom is -0.352 e. The van der Waals surface area contributed by atoms with Crippen LogP contribution in [0.5, 0.6) is 0 Å². The fourth-order valence-corrected chi connectivity index (χ4v) is 2.74. The molecular weight excluding hydrogens is 176 g/mol. The molecule has 80 valence electrons. The van der Waals surface area contributed by atoms with E-state index in [1.807, 2.05) is 0 Å². The fraction of sp³-hybridized carbons (Fsp3) is 0.909. The minimum atomic E-state index is -0.255. The molecule has 0 aromatic rings. The van der Waals surface area contributed by atoms with E-state index in [1.165, 1.54) is 32.1 Å². The van der Waals surface area contributed by atoms with Gasteiger partial charge in [-0.15, -0.1) is 0 Å². The smallest absolute Gasteiger partial charge is 0.237 e. The van der Waals surface area contributed by atoms with E-state index in [4.69, 9.17) is 5.73 Å². The van der Waals surface area contributed by atoms with Gasteiger partial charge in [0, 0.05) is 6.04 Å². The summed E-state index contributed by atoms with van der Waals surface area (Å²) in [5.74, 6) is 0.784. The third-order valence-corrected chi connectivity index (χ3v) is 3.67. The van der Waals surface area contributed by atoms with Gasteiger partial charge in [-0.1, -0.05) is 19.3 Å². The third-order valence-electron chi connectivity index (χ3n) is 3.67. The molecule has 3 nitrogen and oxygen atoms in total.